The van der Waals surface area contributed by atoms with E-state index < -0.39 is 42.7 Å². The molecular weight excluding hydrogens is 1120 g/mol. The van der Waals surface area contributed by atoms with E-state index in [1.54, 1.807) is 0 Å². The SMILES string of the molecule is CC(C)(C)B1OB(c2cccc(B3OB(C(C)(C)C)OB(C(C)(C)C)O3)c2N2[CH-]N(c3[c-]c(COCc4[c-]c5c(cc4)c4ccccc4n5-c4cc(C(C)(C)C)ccn4)ccc3)c3ccccc32)OB(C(C)(C)C)O1.[Pt]. The van der Waals surface area contributed by atoms with Crippen LogP contribution in [0.1, 0.15) is 121 Å². The number of rotatable bonds is 9. The summed E-state index contributed by atoms with van der Waals surface area (Å²) in [4.78, 5) is 9.24. The van der Waals surface area contributed by atoms with Crippen molar-refractivity contribution >= 4 is 98.2 Å². The second-order valence-corrected chi connectivity index (χ2v) is 25.7. The first-order chi connectivity index (χ1) is 35.3. The quantitative estimate of drug-likeness (QED) is 0.103. The average molecular weight is 1190 g/mol. The predicted molar refractivity (Wildman–Crippen MR) is 311 cm³/mol. The van der Waals surface area contributed by atoms with Crippen molar-refractivity contribution in [1.82, 2.24) is 9.55 Å². The maximum atomic E-state index is 6.89. The van der Waals surface area contributed by atoms with Crippen LogP contribution in [0.15, 0.2) is 115 Å². The molecule has 0 N–H and O–H groups in total. The molecule has 0 amide bonds. The van der Waals surface area contributed by atoms with E-state index >= 15 is 0 Å². The van der Waals surface area contributed by atoms with Crippen LogP contribution >= 0.6 is 0 Å². The van der Waals surface area contributed by atoms with Crippen LogP contribution in [0, 0.1) is 18.8 Å². The number of para-hydroxylation sites is 4. The summed E-state index contributed by atoms with van der Waals surface area (Å²) in [5, 5.41) is 0.867. The molecule has 0 spiro atoms. The minimum absolute atomic E-state index is 0. The summed E-state index contributed by atoms with van der Waals surface area (Å²) in [7, 11) is -3.86. The molecule has 7 aromatic rings. The Hall–Kier alpha value is -4.55. The second kappa shape index (κ2) is 21.3. The van der Waals surface area contributed by atoms with Crippen molar-refractivity contribution in [1.29, 1.82) is 0 Å². The first-order valence-corrected chi connectivity index (χ1v) is 26.4. The Morgan fingerprint density at radius 1 is 0.526 bits per heavy atom. The summed E-state index contributed by atoms with van der Waals surface area (Å²) in [5.41, 5.74) is 10.3. The fraction of sp³-hybridized carbons (Fsp3) is 0.379. The molecule has 2 saturated heterocycles. The Morgan fingerprint density at radius 2 is 1.04 bits per heavy atom. The van der Waals surface area contributed by atoms with Gasteiger partial charge in [-0.25, -0.2) is 4.98 Å². The van der Waals surface area contributed by atoms with Crippen molar-refractivity contribution in [2.45, 2.75) is 144 Å². The van der Waals surface area contributed by atoms with Crippen molar-refractivity contribution < 1.29 is 53.2 Å². The molecule has 5 heterocycles. The Kier molecular flexibility index (Phi) is 15.7. The molecule has 0 saturated carbocycles. The fourth-order valence-corrected chi connectivity index (χ4v) is 9.78. The Bertz CT molecular complexity index is 3110. The Labute approximate surface area is 468 Å². The smallest absolute Gasteiger partial charge is 0.468 e. The van der Waals surface area contributed by atoms with Gasteiger partial charge in [-0.3, -0.25) is 0 Å². The number of pyridine rings is 1. The molecule has 0 aliphatic carbocycles. The van der Waals surface area contributed by atoms with Crippen LogP contribution in [-0.4, -0.2) is 52.3 Å². The van der Waals surface area contributed by atoms with Crippen molar-refractivity contribution in [3.05, 3.63) is 151 Å². The summed E-state index contributed by atoms with van der Waals surface area (Å²) < 4.78 is 49.4. The maximum Gasteiger partial charge on any atom is 0.468 e. The van der Waals surface area contributed by atoms with Gasteiger partial charge in [-0.2, -0.15) is 42.5 Å². The van der Waals surface area contributed by atoms with E-state index in [0.717, 1.165) is 72.4 Å². The van der Waals surface area contributed by atoms with Gasteiger partial charge in [-0.1, -0.05) is 158 Å². The Balaban J connectivity index is 0.00000706. The molecule has 76 heavy (non-hydrogen) atoms. The van der Waals surface area contributed by atoms with Crippen molar-refractivity contribution in [2.24, 2.45) is 0 Å². The zero-order valence-electron chi connectivity index (χ0n) is 46.9. The van der Waals surface area contributed by atoms with Crippen LogP contribution in [0.25, 0.3) is 27.6 Å². The zero-order chi connectivity index (χ0) is 53.4. The molecule has 3 aliphatic rings. The van der Waals surface area contributed by atoms with E-state index in [9.17, 15) is 0 Å². The first-order valence-electron chi connectivity index (χ1n) is 26.4. The van der Waals surface area contributed by atoms with Crippen molar-refractivity contribution in [3.63, 3.8) is 0 Å². The third-order valence-electron chi connectivity index (χ3n) is 13.9. The monoisotopic (exact) mass is 1190 g/mol. The van der Waals surface area contributed by atoms with E-state index in [2.05, 4.69) is 240 Å². The van der Waals surface area contributed by atoms with Gasteiger partial charge >= 0.3 is 42.7 Å². The van der Waals surface area contributed by atoms with Crippen molar-refractivity contribution in [3.8, 4) is 5.82 Å². The first kappa shape index (κ1) is 56.2. The number of hydrogen-bond donors (Lipinski definition) is 0. The summed E-state index contributed by atoms with van der Waals surface area (Å²) in [5.74, 6) is 0.870. The number of fused-ring (bicyclic) bond motifs is 4. The van der Waals surface area contributed by atoms with E-state index in [4.69, 9.17) is 37.2 Å². The van der Waals surface area contributed by atoms with Gasteiger partial charge in [0.25, 0.3) is 0 Å². The number of ether oxygens (including phenoxy) is 1. The molecule has 394 valence electrons. The van der Waals surface area contributed by atoms with Crippen LogP contribution in [0.4, 0.5) is 22.7 Å². The van der Waals surface area contributed by atoms with Gasteiger partial charge in [0, 0.05) is 74.0 Å². The number of benzene rings is 5. The molecule has 0 radical (unpaired) electrons. The minimum atomic E-state index is -0.807. The molecule has 3 aliphatic heterocycles. The van der Waals surface area contributed by atoms with Crippen LogP contribution in [0.3, 0.4) is 0 Å². The number of aromatic nitrogens is 2. The maximum absolute atomic E-state index is 6.89. The molecule has 0 unspecified atom stereocenters. The molecule has 2 fully saturated rings. The normalized spacial score (nSPS) is 16.1. The van der Waals surface area contributed by atoms with Gasteiger partial charge in [-0.15, -0.1) is 28.9 Å². The molecular formula is C58H69B6N4O7Pt-3. The van der Waals surface area contributed by atoms with Gasteiger partial charge in [0.1, 0.15) is 5.82 Å². The fourth-order valence-electron chi connectivity index (χ4n) is 9.78. The van der Waals surface area contributed by atoms with E-state index in [1.165, 1.54) is 5.56 Å². The molecule has 0 atom stereocenters. The number of anilines is 4. The molecule has 0 bridgehead atoms. The van der Waals surface area contributed by atoms with Gasteiger partial charge < -0.3 is 46.5 Å². The molecule has 18 heteroatoms. The summed E-state index contributed by atoms with van der Waals surface area (Å²) in [6.07, 6.45) is 1.91. The van der Waals surface area contributed by atoms with Gasteiger partial charge in [-0.05, 0) is 68.0 Å². The number of hydrogen-bond acceptors (Lipinski definition) is 10. The number of nitrogens with zero attached hydrogens (tertiary/aromatic N) is 4. The van der Waals surface area contributed by atoms with Crippen LogP contribution < -0.4 is 20.7 Å². The van der Waals surface area contributed by atoms with Crippen molar-refractivity contribution in [2.75, 3.05) is 9.80 Å². The largest absolute Gasteiger partial charge is 0.493 e. The minimum Gasteiger partial charge on any atom is -0.493 e. The summed E-state index contributed by atoms with van der Waals surface area (Å²) in [6, 6.07) is 45.3. The molecule has 5 aromatic carbocycles. The third-order valence-corrected chi connectivity index (χ3v) is 13.9. The summed E-state index contributed by atoms with van der Waals surface area (Å²) >= 11 is 0. The third kappa shape index (κ3) is 11.5. The second-order valence-electron chi connectivity index (χ2n) is 25.7. The van der Waals surface area contributed by atoms with E-state index in [1.807, 2.05) is 12.3 Å². The zero-order valence-corrected chi connectivity index (χ0v) is 49.2. The summed E-state index contributed by atoms with van der Waals surface area (Å²) in [6.45, 7) is 35.0. The molecule has 2 aromatic heterocycles. The molecule has 10 rings (SSSR count). The topological polar surface area (TPSA) is 88.9 Å². The van der Waals surface area contributed by atoms with Gasteiger partial charge in [0.2, 0.25) is 0 Å². The van der Waals surface area contributed by atoms with E-state index in [0.29, 0.717) is 13.2 Å². The Morgan fingerprint density at radius 3 is 1.59 bits per heavy atom. The van der Waals surface area contributed by atoms with Crippen LogP contribution in [0.5, 0.6) is 0 Å². The molecule has 11 nitrogen and oxygen atoms in total. The van der Waals surface area contributed by atoms with Crippen LogP contribution in [0.2, 0.25) is 21.3 Å². The van der Waals surface area contributed by atoms with Crippen LogP contribution in [-0.2, 0) is 71.9 Å². The van der Waals surface area contributed by atoms with E-state index in [-0.39, 0.29) is 47.7 Å². The van der Waals surface area contributed by atoms with Gasteiger partial charge in [0.05, 0.1) is 0 Å². The van der Waals surface area contributed by atoms with Gasteiger partial charge in [0.15, 0.2) is 0 Å². The predicted octanol–water partition coefficient (Wildman–Crippen LogP) is 12.9. The standard InChI is InChI=1S/C58H69B6N4O7.Pt/c1-54(2,3)42-32-33-65-52(36-42)68-48-27-17-16-24-44(48)45-31-30-41(35-51(45)68)38-69-37-40-22-20-23-43(34-40)66-39-67(50-29-19-18-28-49(50)66)53-46(59-70-61(55(4,5)6)74-62(71-59)56(7,8)9)25-21-26-47(53)60-72-63(57(10,11)12)75-64(73-60)58(13,14)15;/h16-33,36,39H,37-38H2,1-15H3;/q-3;. The average Bonchev–Trinajstić information content (AvgIpc) is 3.91.